The van der Waals surface area contributed by atoms with E-state index in [1.165, 1.54) is 24.3 Å². The standard InChI is InChI=1S/C13H18ClNO3S/c14-11-5-7-12(8-6-11)19(17,18)15-9-13(16)10-3-1-2-4-10/h5-8,10,13,15-16H,1-4,9H2. The maximum absolute atomic E-state index is 12.0. The van der Waals surface area contributed by atoms with Gasteiger partial charge in [0.2, 0.25) is 10.0 Å². The van der Waals surface area contributed by atoms with Gasteiger partial charge < -0.3 is 5.11 Å². The molecular formula is C13H18ClNO3S. The molecule has 2 N–H and O–H groups in total. The first kappa shape index (κ1) is 14.8. The zero-order valence-corrected chi connectivity index (χ0v) is 12.1. The van der Waals surface area contributed by atoms with Gasteiger partial charge in [-0.1, -0.05) is 24.4 Å². The molecule has 1 fully saturated rings. The number of hydrogen-bond acceptors (Lipinski definition) is 3. The summed E-state index contributed by atoms with van der Waals surface area (Å²) in [4.78, 5) is 0.163. The van der Waals surface area contributed by atoms with Crippen molar-refractivity contribution in [1.29, 1.82) is 0 Å². The number of nitrogens with one attached hydrogen (secondary N) is 1. The molecule has 4 nitrogen and oxygen atoms in total. The lowest BCUT2D eigenvalue weighted by atomic mass is 10.0. The van der Waals surface area contributed by atoms with Gasteiger partial charge in [-0.15, -0.1) is 0 Å². The Kier molecular flexibility index (Phi) is 4.84. The van der Waals surface area contributed by atoms with Gasteiger partial charge in [-0.3, -0.25) is 0 Å². The summed E-state index contributed by atoms with van der Waals surface area (Å²) in [6, 6.07) is 5.96. The lowest BCUT2D eigenvalue weighted by molar-refractivity contribution is 0.115. The van der Waals surface area contributed by atoms with Crippen LogP contribution in [0.4, 0.5) is 0 Å². The van der Waals surface area contributed by atoms with E-state index in [0.29, 0.717) is 5.02 Å². The first-order valence-corrected chi connectivity index (χ1v) is 8.28. The molecule has 1 aromatic carbocycles. The molecule has 1 atom stereocenters. The van der Waals surface area contributed by atoms with Crippen LogP contribution in [0, 0.1) is 5.92 Å². The number of rotatable bonds is 5. The van der Waals surface area contributed by atoms with Crippen LogP contribution < -0.4 is 4.72 Å². The van der Waals surface area contributed by atoms with Crippen LogP contribution in [0.25, 0.3) is 0 Å². The highest BCUT2D eigenvalue weighted by Crippen LogP contribution is 2.27. The van der Waals surface area contributed by atoms with Crippen molar-refractivity contribution in [2.75, 3.05) is 6.54 Å². The van der Waals surface area contributed by atoms with Gasteiger partial charge in [0.25, 0.3) is 0 Å². The normalized spacial score (nSPS) is 18.6. The van der Waals surface area contributed by atoms with Crippen molar-refractivity contribution < 1.29 is 13.5 Å². The van der Waals surface area contributed by atoms with Crippen LogP contribution in [0.2, 0.25) is 5.02 Å². The van der Waals surface area contributed by atoms with Crippen molar-refractivity contribution in [3.63, 3.8) is 0 Å². The van der Waals surface area contributed by atoms with Crippen LogP contribution >= 0.6 is 11.6 Å². The summed E-state index contributed by atoms with van der Waals surface area (Å²) in [6.07, 6.45) is 3.58. The number of halogens is 1. The summed E-state index contributed by atoms with van der Waals surface area (Å²) >= 11 is 5.72. The second-order valence-corrected chi connectivity index (χ2v) is 7.12. The minimum Gasteiger partial charge on any atom is -0.391 e. The Bertz CT molecular complexity index is 509. The van der Waals surface area contributed by atoms with Crippen molar-refractivity contribution in [1.82, 2.24) is 4.72 Å². The topological polar surface area (TPSA) is 66.4 Å². The fourth-order valence-electron chi connectivity index (χ4n) is 2.40. The van der Waals surface area contributed by atoms with Gasteiger partial charge in [0.15, 0.2) is 0 Å². The molecule has 0 amide bonds. The molecule has 0 aromatic heterocycles. The number of hydrogen-bond donors (Lipinski definition) is 2. The molecule has 1 aliphatic rings. The zero-order valence-electron chi connectivity index (χ0n) is 10.5. The first-order valence-electron chi connectivity index (χ1n) is 6.42. The minimum atomic E-state index is -3.57. The smallest absolute Gasteiger partial charge is 0.240 e. The molecule has 0 heterocycles. The highest BCUT2D eigenvalue weighted by Gasteiger charge is 2.24. The van der Waals surface area contributed by atoms with Crippen molar-refractivity contribution >= 4 is 21.6 Å². The Hall–Kier alpha value is -0.620. The molecule has 0 saturated heterocycles. The quantitative estimate of drug-likeness (QED) is 0.876. The highest BCUT2D eigenvalue weighted by molar-refractivity contribution is 7.89. The molecule has 0 radical (unpaired) electrons. The molecule has 1 aromatic rings. The van der Waals surface area contributed by atoms with Crippen molar-refractivity contribution in [2.24, 2.45) is 5.92 Å². The van der Waals surface area contributed by atoms with E-state index in [4.69, 9.17) is 11.6 Å². The maximum Gasteiger partial charge on any atom is 0.240 e. The summed E-state index contributed by atoms with van der Waals surface area (Å²) in [5, 5.41) is 10.4. The molecule has 1 unspecified atom stereocenters. The van der Waals surface area contributed by atoms with E-state index >= 15 is 0 Å². The predicted octanol–water partition coefficient (Wildman–Crippen LogP) is 2.17. The Morgan fingerprint density at radius 1 is 1.26 bits per heavy atom. The molecule has 0 spiro atoms. The average molecular weight is 304 g/mol. The molecule has 0 bridgehead atoms. The maximum atomic E-state index is 12.0. The fourth-order valence-corrected chi connectivity index (χ4v) is 3.58. The molecule has 106 valence electrons. The number of sulfonamides is 1. The van der Waals surface area contributed by atoms with Crippen molar-refractivity contribution in [3.8, 4) is 0 Å². The van der Waals surface area contributed by atoms with Crippen LogP contribution in [0.5, 0.6) is 0 Å². The van der Waals surface area contributed by atoms with E-state index in [1.54, 1.807) is 0 Å². The van der Waals surface area contributed by atoms with Gasteiger partial charge >= 0.3 is 0 Å². The fraction of sp³-hybridized carbons (Fsp3) is 0.538. The molecular weight excluding hydrogens is 286 g/mol. The van der Waals surface area contributed by atoms with Crippen LogP contribution in [-0.2, 0) is 10.0 Å². The van der Waals surface area contributed by atoms with Gasteiger partial charge in [-0.25, -0.2) is 13.1 Å². The van der Waals surface area contributed by atoms with Gasteiger partial charge in [0.05, 0.1) is 11.0 Å². The number of aliphatic hydroxyl groups excluding tert-OH is 1. The summed E-state index contributed by atoms with van der Waals surface area (Å²) in [6.45, 7) is 0.0651. The minimum absolute atomic E-state index is 0.0651. The third kappa shape index (κ3) is 3.92. The molecule has 6 heteroatoms. The Labute approximate surface area is 118 Å². The molecule has 1 saturated carbocycles. The van der Waals surface area contributed by atoms with Crippen LogP contribution in [-0.4, -0.2) is 26.2 Å². The molecule has 1 aliphatic carbocycles. The van der Waals surface area contributed by atoms with Gasteiger partial charge in [0, 0.05) is 11.6 Å². The predicted molar refractivity (Wildman–Crippen MR) is 74.6 cm³/mol. The zero-order chi connectivity index (χ0) is 13.9. The summed E-state index contributed by atoms with van der Waals surface area (Å²) in [5.74, 6) is 0.216. The molecule has 2 rings (SSSR count). The van der Waals surface area contributed by atoms with E-state index in [9.17, 15) is 13.5 Å². The average Bonchev–Trinajstić information content (AvgIpc) is 2.90. The van der Waals surface area contributed by atoms with Crippen LogP contribution in [0.15, 0.2) is 29.2 Å². The largest absolute Gasteiger partial charge is 0.391 e. The van der Waals surface area contributed by atoms with Gasteiger partial charge in [-0.2, -0.15) is 0 Å². The Balaban J connectivity index is 1.95. The number of aliphatic hydroxyl groups is 1. The Morgan fingerprint density at radius 2 is 1.84 bits per heavy atom. The van der Waals surface area contributed by atoms with E-state index in [1.807, 2.05) is 0 Å². The summed E-state index contributed by atoms with van der Waals surface area (Å²) in [5.41, 5.74) is 0. The van der Waals surface area contributed by atoms with E-state index in [-0.39, 0.29) is 17.4 Å². The lowest BCUT2D eigenvalue weighted by Gasteiger charge is -2.18. The first-order chi connectivity index (χ1) is 8.99. The van der Waals surface area contributed by atoms with Gasteiger partial charge in [-0.05, 0) is 43.0 Å². The number of benzene rings is 1. The van der Waals surface area contributed by atoms with Crippen LogP contribution in [0.1, 0.15) is 25.7 Å². The Morgan fingerprint density at radius 3 is 2.42 bits per heavy atom. The van der Waals surface area contributed by atoms with Crippen LogP contribution in [0.3, 0.4) is 0 Å². The lowest BCUT2D eigenvalue weighted by Crippen LogP contribution is -2.35. The van der Waals surface area contributed by atoms with Crippen molar-refractivity contribution in [2.45, 2.75) is 36.7 Å². The van der Waals surface area contributed by atoms with E-state index in [2.05, 4.69) is 4.72 Å². The van der Waals surface area contributed by atoms with E-state index < -0.39 is 16.1 Å². The van der Waals surface area contributed by atoms with Crippen molar-refractivity contribution in [3.05, 3.63) is 29.3 Å². The monoisotopic (exact) mass is 303 g/mol. The van der Waals surface area contributed by atoms with Gasteiger partial charge in [0.1, 0.15) is 0 Å². The van der Waals surface area contributed by atoms with E-state index in [0.717, 1.165) is 25.7 Å². The SMILES string of the molecule is O=S(=O)(NCC(O)C1CCCC1)c1ccc(Cl)cc1. The molecule has 19 heavy (non-hydrogen) atoms. The highest BCUT2D eigenvalue weighted by atomic mass is 35.5. The third-order valence-corrected chi connectivity index (χ3v) is 5.24. The third-order valence-electron chi connectivity index (χ3n) is 3.55. The molecule has 0 aliphatic heterocycles. The summed E-state index contributed by atoms with van der Waals surface area (Å²) in [7, 11) is -3.57. The summed E-state index contributed by atoms with van der Waals surface area (Å²) < 4.78 is 26.4. The second-order valence-electron chi connectivity index (χ2n) is 4.92. The second kappa shape index (κ2) is 6.22.